The van der Waals surface area contributed by atoms with Crippen molar-refractivity contribution in [3.05, 3.63) is 35.4 Å². The Morgan fingerprint density at radius 2 is 1.95 bits per heavy atom. The van der Waals surface area contributed by atoms with Gasteiger partial charge in [0, 0.05) is 38.3 Å². The maximum atomic E-state index is 5.91. The molecule has 2 atom stereocenters. The largest absolute Gasteiger partial charge is 0.324 e. The van der Waals surface area contributed by atoms with Crippen molar-refractivity contribution in [1.29, 1.82) is 0 Å². The highest BCUT2D eigenvalue weighted by Gasteiger charge is 2.28. The fourth-order valence-electron chi connectivity index (χ4n) is 3.55. The fourth-order valence-corrected chi connectivity index (χ4v) is 3.55. The molecule has 1 aromatic rings. The van der Waals surface area contributed by atoms with Crippen LogP contribution >= 0.6 is 0 Å². The van der Waals surface area contributed by atoms with E-state index in [0.717, 1.165) is 12.6 Å². The Morgan fingerprint density at radius 1 is 1.15 bits per heavy atom. The van der Waals surface area contributed by atoms with Gasteiger partial charge in [0.05, 0.1) is 0 Å². The number of piperazine rings is 1. The second kappa shape index (κ2) is 6.25. The Kier molecular flexibility index (Phi) is 4.39. The van der Waals surface area contributed by atoms with Crippen LogP contribution in [0.4, 0.5) is 0 Å². The molecule has 2 N–H and O–H groups in total. The van der Waals surface area contributed by atoms with Crippen LogP contribution in [0.1, 0.15) is 43.4 Å². The molecule has 2 saturated heterocycles. The van der Waals surface area contributed by atoms with Gasteiger partial charge in [-0.15, -0.1) is 0 Å². The third-order valence-electron chi connectivity index (χ3n) is 4.83. The summed E-state index contributed by atoms with van der Waals surface area (Å²) in [4.78, 5) is 5.31. The molecule has 0 radical (unpaired) electrons. The van der Waals surface area contributed by atoms with E-state index in [9.17, 15) is 0 Å². The Labute approximate surface area is 122 Å². The highest BCUT2D eigenvalue weighted by atomic mass is 15.3. The Morgan fingerprint density at radius 3 is 2.70 bits per heavy atom. The van der Waals surface area contributed by atoms with Crippen LogP contribution in [-0.2, 0) is 6.54 Å². The maximum Gasteiger partial charge on any atom is 0.0266 e. The Bertz CT molecular complexity index is 426. The molecule has 2 aliphatic rings. The predicted octanol–water partition coefficient (Wildman–Crippen LogP) is 2.38. The molecule has 0 bridgehead atoms. The highest BCUT2D eigenvalue weighted by Crippen LogP contribution is 2.22. The van der Waals surface area contributed by atoms with Gasteiger partial charge in [0.25, 0.3) is 0 Å². The second-order valence-electron chi connectivity index (χ2n) is 6.45. The predicted molar refractivity (Wildman–Crippen MR) is 83.5 cm³/mol. The van der Waals surface area contributed by atoms with Crippen molar-refractivity contribution in [2.45, 2.75) is 44.8 Å². The van der Waals surface area contributed by atoms with Crippen molar-refractivity contribution >= 4 is 0 Å². The van der Waals surface area contributed by atoms with Crippen LogP contribution in [0.15, 0.2) is 24.3 Å². The summed E-state index contributed by atoms with van der Waals surface area (Å²) in [6, 6.07) is 9.78. The van der Waals surface area contributed by atoms with Crippen LogP contribution in [0.2, 0.25) is 0 Å². The summed E-state index contributed by atoms with van der Waals surface area (Å²) in [5.74, 6) is 0. The lowest BCUT2D eigenvalue weighted by Gasteiger charge is -2.44. The quantitative estimate of drug-likeness (QED) is 0.918. The normalized spacial score (nSPS) is 26.2. The van der Waals surface area contributed by atoms with Crippen LogP contribution in [0.25, 0.3) is 0 Å². The van der Waals surface area contributed by atoms with Crippen molar-refractivity contribution in [1.82, 2.24) is 9.80 Å². The first-order valence-electron chi connectivity index (χ1n) is 8.03. The van der Waals surface area contributed by atoms with E-state index in [4.69, 9.17) is 5.73 Å². The summed E-state index contributed by atoms with van der Waals surface area (Å²) in [5, 5.41) is 0. The maximum absolute atomic E-state index is 5.91. The van der Waals surface area contributed by atoms with Crippen molar-refractivity contribution in [3.63, 3.8) is 0 Å². The topological polar surface area (TPSA) is 32.5 Å². The smallest absolute Gasteiger partial charge is 0.0266 e. The van der Waals surface area contributed by atoms with Crippen molar-refractivity contribution < 1.29 is 0 Å². The van der Waals surface area contributed by atoms with E-state index in [-0.39, 0.29) is 6.04 Å². The van der Waals surface area contributed by atoms with Gasteiger partial charge in [0.1, 0.15) is 0 Å². The Balaban J connectivity index is 1.57. The van der Waals surface area contributed by atoms with Gasteiger partial charge in [-0.05, 0) is 37.4 Å². The molecule has 2 fully saturated rings. The van der Waals surface area contributed by atoms with Gasteiger partial charge in [0.15, 0.2) is 0 Å². The monoisotopic (exact) mass is 273 g/mol. The lowest BCUT2D eigenvalue weighted by atomic mass is 9.99. The standard InChI is InChI=1S/C17H27N3/c1-14(18)16-7-5-15(6-8-16)12-19-10-11-20-9-3-2-4-17(20)13-19/h5-8,14,17H,2-4,9-13,18H2,1H3/t14-,17?/m0/s1. The molecule has 0 aromatic heterocycles. The molecule has 0 aliphatic carbocycles. The number of nitrogens with zero attached hydrogens (tertiary/aromatic N) is 2. The summed E-state index contributed by atoms with van der Waals surface area (Å²) in [6.45, 7) is 8.16. The SMILES string of the molecule is C[C@H](N)c1ccc(CN2CCN3CCCCC3C2)cc1. The second-order valence-corrected chi connectivity index (χ2v) is 6.45. The molecular weight excluding hydrogens is 246 g/mol. The summed E-state index contributed by atoms with van der Waals surface area (Å²) < 4.78 is 0. The molecular formula is C17H27N3. The third-order valence-corrected chi connectivity index (χ3v) is 4.83. The molecule has 3 heteroatoms. The number of hydrogen-bond donors (Lipinski definition) is 1. The van der Waals surface area contributed by atoms with Gasteiger partial charge in [0.2, 0.25) is 0 Å². The minimum absolute atomic E-state index is 0.134. The summed E-state index contributed by atoms with van der Waals surface area (Å²) >= 11 is 0. The molecule has 1 aromatic carbocycles. The van der Waals surface area contributed by atoms with E-state index in [1.54, 1.807) is 0 Å². The molecule has 2 heterocycles. The molecule has 0 saturated carbocycles. The minimum atomic E-state index is 0.134. The van der Waals surface area contributed by atoms with E-state index in [0.29, 0.717) is 0 Å². The van der Waals surface area contributed by atoms with Crippen molar-refractivity contribution in [2.75, 3.05) is 26.2 Å². The number of benzene rings is 1. The minimum Gasteiger partial charge on any atom is -0.324 e. The van der Waals surface area contributed by atoms with Gasteiger partial charge >= 0.3 is 0 Å². The van der Waals surface area contributed by atoms with Crippen LogP contribution < -0.4 is 5.73 Å². The first-order valence-corrected chi connectivity index (χ1v) is 8.03. The van der Waals surface area contributed by atoms with Gasteiger partial charge in [-0.25, -0.2) is 0 Å². The number of nitrogens with two attached hydrogens (primary N) is 1. The van der Waals surface area contributed by atoms with E-state index >= 15 is 0 Å². The molecule has 2 aliphatic heterocycles. The van der Waals surface area contributed by atoms with Gasteiger partial charge in [-0.1, -0.05) is 30.7 Å². The zero-order valence-corrected chi connectivity index (χ0v) is 12.6. The van der Waals surface area contributed by atoms with E-state index in [1.807, 2.05) is 6.92 Å². The molecule has 0 spiro atoms. The molecule has 3 rings (SSSR count). The lowest BCUT2D eigenvalue weighted by molar-refractivity contribution is 0.0457. The molecule has 0 amide bonds. The number of hydrogen-bond acceptors (Lipinski definition) is 3. The third kappa shape index (κ3) is 3.22. The van der Waals surface area contributed by atoms with E-state index in [2.05, 4.69) is 34.1 Å². The molecule has 1 unspecified atom stereocenters. The first kappa shape index (κ1) is 14.1. The summed E-state index contributed by atoms with van der Waals surface area (Å²) in [6.07, 6.45) is 4.20. The van der Waals surface area contributed by atoms with Gasteiger partial charge in [-0.2, -0.15) is 0 Å². The van der Waals surface area contributed by atoms with E-state index < -0.39 is 0 Å². The summed E-state index contributed by atoms with van der Waals surface area (Å²) in [7, 11) is 0. The van der Waals surface area contributed by atoms with Crippen LogP contribution in [0, 0.1) is 0 Å². The average Bonchev–Trinajstić information content (AvgIpc) is 2.48. The van der Waals surface area contributed by atoms with Gasteiger partial charge < -0.3 is 5.73 Å². The zero-order valence-electron chi connectivity index (χ0n) is 12.6. The van der Waals surface area contributed by atoms with Crippen LogP contribution in [0.5, 0.6) is 0 Å². The lowest BCUT2D eigenvalue weighted by Crippen LogP contribution is -2.54. The zero-order chi connectivity index (χ0) is 13.9. The van der Waals surface area contributed by atoms with Gasteiger partial charge in [-0.3, -0.25) is 9.80 Å². The first-order chi connectivity index (χ1) is 9.72. The highest BCUT2D eigenvalue weighted by molar-refractivity contribution is 5.24. The van der Waals surface area contributed by atoms with Crippen molar-refractivity contribution in [3.8, 4) is 0 Å². The van der Waals surface area contributed by atoms with Crippen LogP contribution in [-0.4, -0.2) is 42.0 Å². The number of fused-ring (bicyclic) bond motifs is 1. The average molecular weight is 273 g/mol. The Hall–Kier alpha value is -0.900. The fraction of sp³-hybridized carbons (Fsp3) is 0.647. The summed E-state index contributed by atoms with van der Waals surface area (Å²) in [5.41, 5.74) is 8.55. The molecule has 3 nitrogen and oxygen atoms in total. The van der Waals surface area contributed by atoms with Crippen molar-refractivity contribution in [2.24, 2.45) is 5.73 Å². The van der Waals surface area contributed by atoms with E-state index in [1.165, 1.54) is 56.6 Å². The molecule has 110 valence electrons. The van der Waals surface area contributed by atoms with Crippen LogP contribution in [0.3, 0.4) is 0 Å². The number of rotatable bonds is 3. The molecule has 20 heavy (non-hydrogen) atoms. The number of piperidine rings is 1.